The predicted molar refractivity (Wildman–Crippen MR) is 116 cm³/mol. The Kier molecular flexibility index (Phi) is 11.3. The summed E-state index contributed by atoms with van der Waals surface area (Å²) in [6.45, 7) is 11.5. The van der Waals surface area contributed by atoms with Crippen LogP contribution in [0.3, 0.4) is 0 Å². The molecular weight excluding hydrogens is 376 g/mol. The lowest BCUT2D eigenvalue weighted by atomic mass is 10.0. The van der Waals surface area contributed by atoms with Crippen molar-refractivity contribution in [3.05, 3.63) is 34.9 Å². The van der Waals surface area contributed by atoms with Crippen molar-refractivity contribution in [2.75, 3.05) is 59.2 Å². The van der Waals surface area contributed by atoms with E-state index in [0.29, 0.717) is 6.54 Å². The van der Waals surface area contributed by atoms with Gasteiger partial charge >= 0.3 is 0 Å². The quantitative estimate of drug-likeness (QED) is 0.333. The van der Waals surface area contributed by atoms with Crippen molar-refractivity contribution in [2.45, 2.75) is 32.7 Å². The highest BCUT2D eigenvalue weighted by Gasteiger charge is 2.22. The standard InChI is InChI=1S/C21H35ClN4O2/c1-3-23-21(24-11-5-6-14-27-4-2)25-17-20(26-12-15-28-16-13-26)18-7-9-19(22)10-8-18/h7-10,20H,3-6,11-17H2,1-2H3,(H2,23,24,25). The van der Waals surface area contributed by atoms with Gasteiger partial charge < -0.3 is 20.1 Å². The van der Waals surface area contributed by atoms with Crippen LogP contribution in [-0.2, 0) is 9.47 Å². The summed E-state index contributed by atoms with van der Waals surface area (Å²) in [6, 6.07) is 8.33. The van der Waals surface area contributed by atoms with Crippen LogP contribution in [0.2, 0.25) is 5.02 Å². The first-order valence-corrected chi connectivity index (χ1v) is 10.8. The number of guanidine groups is 1. The van der Waals surface area contributed by atoms with Crippen LogP contribution in [0, 0.1) is 0 Å². The lowest BCUT2D eigenvalue weighted by Gasteiger charge is -2.34. The van der Waals surface area contributed by atoms with E-state index < -0.39 is 0 Å². The summed E-state index contributed by atoms with van der Waals surface area (Å²) in [7, 11) is 0. The van der Waals surface area contributed by atoms with Gasteiger partial charge in [0.1, 0.15) is 0 Å². The highest BCUT2D eigenvalue weighted by Crippen LogP contribution is 2.24. The van der Waals surface area contributed by atoms with Gasteiger partial charge in [0.05, 0.1) is 25.8 Å². The summed E-state index contributed by atoms with van der Waals surface area (Å²) < 4.78 is 10.9. The summed E-state index contributed by atoms with van der Waals surface area (Å²) in [5.41, 5.74) is 1.24. The molecule has 1 aromatic rings. The van der Waals surface area contributed by atoms with E-state index in [-0.39, 0.29) is 6.04 Å². The number of rotatable bonds is 11. The molecule has 1 aliphatic heterocycles. The van der Waals surface area contributed by atoms with Gasteiger partial charge in [-0.2, -0.15) is 0 Å². The monoisotopic (exact) mass is 410 g/mol. The Morgan fingerprint density at radius 2 is 1.93 bits per heavy atom. The van der Waals surface area contributed by atoms with Gasteiger partial charge in [0.25, 0.3) is 0 Å². The Balaban J connectivity index is 1.97. The Hall–Kier alpha value is -1.34. The molecule has 0 saturated carbocycles. The van der Waals surface area contributed by atoms with Crippen LogP contribution in [0.1, 0.15) is 38.3 Å². The van der Waals surface area contributed by atoms with Crippen LogP contribution in [0.15, 0.2) is 29.3 Å². The number of nitrogens with zero attached hydrogens (tertiary/aromatic N) is 2. The van der Waals surface area contributed by atoms with Crippen molar-refractivity contribution >= 4 is 17.6 Å². The number of hydrogen-bond donors (Lipinski definition) is 2. The lowest BCUT2D eigenvalue weighted by molar-refractivity contribution is 0.0179. The van der Waals surface area contributed by atoms with Crippen molar-refractivity contribution in [3.8, 4) is 0 Å². The van der Waals surface area contributed by atoms with Gasteiger partial charge in [0.2, 0.25) is 0 Å². The molecule has 0 amide bonds. The van der Waals surface area contributed by atoms with Gasteiger partial charge in [-0.1, -0.05) is 23.7 Å². The molecule has 2 N–H and O–H groups in total. The van der Waals surface area contributed by atoms with E-state index in [2.05, 4.69) is 34.6 Å². The Morgan fingerprint density at radius 3 is 2.61 bits per heavy atom. The molecule has 2 rings (SSSR count). The Morgan fingerprint density at radius 1 is 1.18 bits per heavy atom. The third-order valence-electron chi connectivity index (χ3n) is 4.72. The molecule has 0 aliphatic carbocycles. The minimum Gasteiger partial charge on any atom is -0.382 e. The number of halogens is 1. The van der Waals surface area contributed by atoms with Gasteiger partial charge in [-0.3, -0.25) is 9.89 Å². The van der Waals surface area contributed by atoms with Gasteiger partial charge in [0, 0.05) is 44.4 Å². The summed E-state index contributed by atoms with van der Waals surface area (Å²) in [6.07, 6.45) is 2.12. The molecule has 0 radical (unpaired) electrons. The van der Waals surface area contributed by atoms with Crippen LogP contribution in [-0.4, -0.2) is 70.0 Å². The van der Waals surface area contributed by atoms with Gasteiger partial charge in [-0.15, -0.1) is 0 Å². The minimum absolute atomic E-state index is 0.217. The highest BCUT2D eigenvalue weighted by atomic mass is 35.5. The number of hydrogen-bond acceptors (Lipinski definition) is 4. The molecular formula is C21H35ClN4O2. The topological polar surface area (TPSA) is 58.1 Å². The highest BCUT2D eigenvalue weighted by molar-refractivity contribution is 6.30. The summed E-state index contributed by atoms with van der Waals surface area (Å²) in [4.78, 5) is 7.32. The van der Waals surface area contributed by atoms with Crippen molar-refractivity contribution in [3.63, 3.8) is 0 Å². The van der Waals surface area contributed by atoms with E-state index in [1.807, 2.05) is 19.1 Å². The molecule has 158 valence electrons. The fourth-order valence-corrected chi connectivity index (χ4v) is 3.33. The van der Waals surface area contributed by atoms with E-state index in [9.17, 15) is 0 Å². The second-order valence-electron chi connectivity index (χ2n) is 6.77. The van der Waals surface area contributed by atoms with Crippen LogP contribution in [0.5, 0.6) is 0 Å². The van der Waals surface area contributed by atoms with E-state index in [1.54, 1.807) is 0 Å². The molecule has 0 aromatic heterocycles. The van der Waals surface area contributed by atoms with E-state index >= 15 is 0 Å². The Bertz CT molecular complexity index is 562. The largest absolute Gasteiger partial charge is 0.382 e. The van der Waals surface area contributed by atoms with Gasteiger partial charge in [-0.25, -0.2) is 0 Å². The molecule has 6 nitrogen and oxygen atoms in total. The van der Waals surface area contributed by atoms with Crippen LogP contribution in [0.25, 0.3) is 0 Å². The molecule has 1 aliphatic rings. The van der Waals surface area contributed by atoms with E-state index in [1.165, 1.54) is 5.56 Å². The average molecular weight is 411 g/mol. The molecule has 1 atom stereocenters. The minimum atomic E-state index is 0.217. The fraction of sp³-hybridized carbons (Fsp3) is 0.667. The summed E-state index contributed by atoms with van der Waals surface area (Å²) in [5, 5.41) is 7.54. The molecule has 1 aromatic carbocycles. The third kappa shape index (κ3) is 8.35. The third-order valence-corrected chi connectivity index (χ3v) is 4.97. The maximum absolute atomic E-state index is 6.08. The smallest absolute Gasteiger partial charge is 0.191 e. The summed E-state index contributed by atoms with van der Waals surface area (Å²) >= 11 is 6.08. The average Bonchev–Trinajstić information content (AvgIpc) is 2.72. The van der Waals surface area contributed by atoms with E-state index in [4.69, 9.17) is 26.1 Å². The first-order chi connectivity index (χ1) is 13.7. The molecule has 1 fully saturated rings. The van der Waals surface area contributed by atoms with Crippen LogP contribution < -0.4 is 10.6 Å². The number of aliphatic imine (C=N–C) groups is 1. The first-order valence-electron chi connectivity index (χ1n) is 10.4. The molecule has 1 saturated heterocycles. The normalized spacial score (nSPS) is 16.8. The van der Waals surface area contributed by atoms with Crippen molar-refractivity contribution in [2.24, 2.45) is 4.99 Å². The number of ether oxygens (including phenoxy) is 2. The zero-order valence-electron chi connectivity index (χ0n) is 17.3. The molecule has 1 heterocycles. The predicted octanol–water partition coefficient (Wildman–Crippen LogP) is 3.09. The molecule has 0 spiro atoms. The first kappa shape index (κ1) is 22.9. The summed E-state index contributed by atoms with van der Waals surface area (Å²) in [5.74, 6) is 0.867. The zero-order valence-corrected chi connectivity index (χ0v) is 18.0. The van der Waals surface area contributed by atoms with Gasteiger partial charge in [-0.05, 0) is 44.4 Å². The Labute approximate surface area is 174 Å². The maximum atomic E-state index is 6.08. The molecule has 28 heavy (non-hydrogen) atoms. The lowest BCUT2D eigenvalue weighted by Crippen LogP contribution is -2.42. The number of unbranched alkanes of at least 4 members (excludes halogenated alkanes) is 1. The second kappa shape index (κ2) is 13.8. The van der Waals surface area contributed by atoms with Crippen LogP contribution in [0.4, 0.5) is 0 Å². The number of nitrogens with one attached hydrogen (secondary N) is 2. The fourth-order valence-electron chi connectivity index (χ4n) is 3.21. The zero-order chi connectivity index (χ0) is 20.0. The van der Waals surface area contributed by atoms with E-state index in [0.717, 1.165) is 76.4 Å². The van der Waals surface area contributed by atoms with Crippen LogP contribution >= 0.6 is 11.6 Å². The SMILES string of the molecule is CCNC(=NCC(c1ccc(Cl)cc1)N1CCOCC1)NCCCCOCC. The van der Waals surface area contributed by atoms with Crippen molar-refractivity contribution < 1.29 is 9.47 Å². The molecule has 0 bridgehead atoms. The molecule has 1 unspecified atom stereocenters. The van der Waals surface area contributed by atoms with Crippen molar-refractivity contribution in [1.29, 1.82) is 0 Å². The second-order valence-corrected chi connectivity index (χ2v) is 7.20. The maximum Gasteiger partial charge on any atom is 0.191 e. The number of benzene rings is 1. The molecule has 7 heteroatoms. The number of morpholine rings is 1. The van der Waals surface area contributed by atoms with Gasteiger partial charge in [0.15, 0.2) is 5.96 Å². The van der Waals surface area contributed by atoms with Crippen molar-refractivity contribution in [1.82, 2.24) is 15.5 Å².